The van der Waals surface area contributed by atoms with Gasteiger partial charge in [-0.1, -0.05) is 94.4 Å². The minimum Gasteiger partial charge on any atom is -0.508 e. The molecule has 8 atom stereocenters. The number of aliphatic hydroxyl groups is 1. The summed E-state index contributed by atoms with van der Waals surface area (Å²) in [5.41, 5.74) is 0.120. The second-order valence-electron chi connectivity index (χ2n) is 21.6. The zero-order valence-electron chi connectivity index (χ0n) is 47.8. The molecule has 0 radical (unpaired) electrons. The lowest BCUT2D eigenvalue weighted by atomic mass is 10.0. The van der Waals surface area contributed by atoms with E-state index in [1.54, 1.807) is 81.6 Å². The number of hydrogen-bond donors (Lipinski definition) is 12. The highest BCUT2D eigenvalue weighted by molar-refractivity contribution is 8.76. The van der Waals surface area contributed by atoms with Crippen LogP contribution in [-0.4, -0.2) is 148 Å². The van der Waals surface area contributed by atoms with Crippen LogP contribution in [0.3, 0.4) is 0 Å². The number of fused-ring (bicyclic) bond motifs is 1. The number of halogens is 3. The second kappa shape index (κ2) is 31.2. The largest absolute Gasteiger partial charge is 0.508 e. The van der Waals surface area contributed by atoms with E-state index in [9.17, 15) is 70.5 Å². The van der Waals surface area contributed by atoms with Crippen molar-refractivity contribution in [1.29, 1.82) is 0 Å². The molecule has 1 aromatic heterocycles. The number of sulfonamides is 1. The zero-order valence-corrected chi connectivity index (χ0v) is 50.2. The number of nitrogens with one attached hydrogen (secondary N) is 9. The van der Waals surface area contributed by atoms with E-state index in [4.69, 9.17) is 4.74 Å². The first-order chi connectivity index (χ1) is 41.0. The maximum atomic E-state index is 15.0. The van der Waals surface area contributed by atoms with Crippen LogP contribution >= 0.6 is 21.6 Å². The quantitative estimate of drug-likeness (QED) is 0.0412. The van der Waals surface area contributed by atoms with Crippen molar-refractivity contribution < 1.29 is 80.0 Å². The Kier molecular flexibility index (Phi) is 24.5. The van der Waals surface area contributed by atoms with E-state index in [1.807, 2.05) is 0 Å². The number of aromatic hydroxyl groups is 1. The summed E-state index contributed by atoms with van der Waals surface area (Å²) in [7, 11) is -2.93. The summed E-state index contributed by atoms with van der Waals surface area (Å²) in [5.74, 6) is -9.61. The number of rotatable bonds is 19. The number of ether oxygens (including phenoxy) is 1. The smallest absolute Gasteiger partial charge is 0.416 e. The Morgan fingerprint density at radius 1 is 0.713 bits per heavy atom. The van der Waals surface area contributed by atoms with E-state index in [1.165, 1.54) is 24.3 Å². The van der Waals surface area contributed by atoms with Gasteiger partial charge in [-0.3, -0.25) is 28.8 Å². The number of phenols is 1. The molecule has 0 spiro atoms. The lowest BCUT2D eigenvalue weighted by molar-refractivity contribution is -0.142. The second-order valence-corrected chi connectivity index (χ2v) is 25.9. The molecule has 0 unspecified atom stereocenters. The number of alkyl halides is 3. The van der Waals surface area contributed by atoms with Crippen molar-refractivity contribution in [3.05, 3.63) is 137 Å². The van der Waals surface area contributed by atoms with Crippen molar-refractivity contribution in [3.63, 3.8) is 0 Å². The summed E-state index contributed by atoms with van der Waals surface area (Å²) in [5, 5.41) is 50.0. The van der Waals surface area contributed by atoms with Gasteiger partial charge in [-0.05, 0) is 106 Å². The predicted octanol–water partition coefficient (Wildman–Crippen LogP) is 3.87. The fourth-order valence-corrected chi connectivity index (χ4v) is 12.6. The number of para-hydroxylation sites is 1. The average molecular weight is 1270 g/mol. The van der Waals surface area contributed by atoms with Crippen LogP contribution in [0.25, 0.3) is 10.9 Å². The van der Waals surface area contributed by atoms with Gasteiger partial charge < -0.3 is 62.3 Å². The first kappa shape index (κ1) is 68.3. The molecule has 23 nitrogen and oxygen atoms in total. The van der Waals surface area contributed by atoms with E-state index in [0.29, 0.717) is 39.7 Å². The van der Waals surface area contributed by atoms with Crippen molar-refractivity contribution in [2.24, 2.45) is 0 Å². The van der Waals surface area contributed by atoms with Crippen molar-refractivity contribution >= 4 is 90.0 Å². The number of aliphatic carboxylic acids is 1. The van der Waals surface area contributed by atoms with Gasteiger partial charge in [0.15, 0.2) is 0 Å². The molecule has 1 saturated heterocycles. The molecule has 6 rings (SSSR count). The summed E-state index contributed by atoms with van der Waals surface area (Å²) in [4.78, 5) is 116. The van der Waals surface area contributed by atoms with Gasteiger partial charge in [0.1, 0.15) is 53.6 Å². The van der Waals surface area contributed by atoms with Crippen molar-refractivity contribution in [2.75, 3.05) is 18.1 Å². The van der Waals surface area contributed by atoms with Crippen LogP contribution in [0.15, 0.2) is 109 Å². The fourth-order valence-electron chi connectivity index (χ4n) is 8.96. The van der Waals surface area contributed by atoms with Crippen LogP contribution in [0, 0.1) is 0 Å². The number of hydrogen-bond acceptors (Lipinski definition) is 15. The first-order valence-corrected chi connectivity index (χ1v) is 31.7. The van der Waals surface area contributed by atoms with Crippen molar-refractivity contribution in [1.82, 2.24) is 46.9 Å². The molecule has 0 aliphatic carbocycles. The summed E-state index contributed by atoms with van der Waals surface area (Å²) >= 11 is 0. The number of carbonyl (C=O) groups is 8. The van der Waals surface area contributed by atoms with E-state index >= 15 is 4.79 Å². The van der Waals surface area contributed by atoms with Gasteiger partial charge in [0, 0.05) is 48.0 Å². The molecule has 12 N–H and O–H groups in total. The predicted molar refractivity (Wildman–Crippen MR) is 319 cm³/mol. The Morgan fingerprint density at radius 3 is 1.95 bits per heavy atom. The van der Waals surface area contributed by atoms with Crippen LogP contribution in [0.4, 0.5) is 18.0 Å². The summed E-state index contributed by atoms with van der Waals surface area (Å²) in [6.45, 7) is 6.27. The number of unbranched alkanes of at least 4 members (excludes halogenated alkanes) is 1. The lowest BCUT2D eigenvalue weighted by Gasteiger charge is -2.29. The van der Waals surface area contributed by atoms with Crippen molar-refractivity contribution in [3.8, 4) is 5.75 Å². The van der Waals surface area contributed by atoms with Crippen LogP contribution < -0.4 is 41.9 Å². The number of phenolic OH excluding ortho intramolecular Hbond substituents is 1. The molecule has 29 heteroatoms. The minimum absolute atomic E-state index is 0.0558. The fraction of sp³-hybridized carbons (Fsp3) is 0.414. The Labute approximate surface area is 507 Å². The third-order valence-corrected chi connectivity index (χ3v) is 17.2. The van der Waals surface area contributed by atoms with Gasteiger partial charge in [0.05, 0.1) is 17.4 Å². The molecule has 1 aliphatic rings. The number of aliphatic hydroxyl groups excluding tert-OH is 1. The van der Waals surface area contributed by atoms with Crippen molar-refractivity contribution in [2.45, 2.75) is 132 Å². The average Bonchev–Trinajstić information content (AvgIpc) is 2.42. The van der Waals surface area contributed by atoms with E-state index in [0.717, 1.165) is 40.6 Å². The van der Waals surface area contributed by atoms with Gasteiger partial charge >= 0.3 is 18.2 Å². The first-order valence-electron chi connectivity index (χ1n) is 27.5. The Bertz CT molecular complexity index is 3320. The monoisotopic (exact) mass is 1270 g/mol. The molecule has 7 amide bonds. The lowest BCUT2D eigenvalue weighted by Crippen LogP contribution is -2.62. The standard InChI is InChI=1S/C58H70F3N9O14S3/c1-33(71)48-54(78)68-47(55(79)80)31-86-85-30-46(67-52(76)45(27-34-12-6-5-7-13-34)70-87(82,83)32-36-17-21-38(22-18-36)58(59,60)61)53(77)65-43(26-35-19-23-39(72)24-20-35)50(74)66-44(28-37-29-63-41-15-9-8-14-40(37)41)51(75)64-42(49(73)69-48)16-10-11-25-62-56(81)84-57(2,3)4/h5-9,12-15,17-24,29,33,42-48,63,70-72H,10-11,16,25-28,30-32H2,1-4H3,(H,62,81)(H,64,75)(H,65,77)(H,66,74)(H,67,76)(H,68,78)(H,69,73)(H,79,80)/t33-,42+,43+,44-,45-,46+,47+,48+/m1/s1. The molecule has 1 fully saturated rings. The zero-order chi connectivity index (χ0) is 63.6. The van der Waals surface area contributed by atoms with E-state index < -0.39 is 141 Å². The number of aromatic amines is 1. The number of H-pyrrole nitrogens is 1. The molecule has 5 aromatic rings. The summed E-state index contributed by atoms with van der Waals surface area (Å²) in [6.07, 6.45) is -6.10. The van der Waals surface area contributed by atoms with Gasteiger partial charge in [-0.25, -0.2) is 22.7 Å². The molecule has 0 saturated carbocycles. The maximum Gasteiger partial charge on any atom is 0.416 e. The van der Waals surface area contributed by atoms with Crippen LogP contribution in [-0.2, 0) is 79.5 Å². The SMILES string of the molecule is C[C@@H](O)[C@@H]1NC(=O)[C@H](CCCCNC(=O)OC(C)(C)C)NC(=O)[C@@H](Cc2c[nH]c3ccccc23)NC(=O)[C@H](Cc2ccc(O)cc2)NC(=O)[C@@H](NC(=O)[C@@H](Cc2ccccc2)NS(=O)(=O)Cc2ccc(C(F)(F)F)cc2)CSSC[C@@H](C(=O)O)NC1=O. The Morgan fingerprint density at radius 2 is 1.31 bits per heavy atom. The molecule has 0 bridgehead atoms. The number of aromatic nitrogens is 1. The summed E-state index contributed by atoms with van der Waals surface area (Å²) in [6, 6.07) is 12.5. The number of carboxylic acid groups (broad SMARTS) is 1. The number of carboxylic acids is 1. The van der Waals surface area contributed by atoms with E-state index in [-0.39, 0.29) is 56.4 Å². The number of benzene rings is 4. The number of carbonyl (C=O) groups excluding carboxylic acids is 7. The van der Waals surface area contributed by atoms with Gasteiger partial charge in [0.25, 0.3) is 0 Å². The molecule has 2 heterocycles. The molecule has 470 valence electrons. The topological polar surface area (TPSA) is 353 Å². The highest BCUT2D eigenvalue weighted by atomic mass is 33.1. The molecule has 87 heavy (non-hydrogen) atoms. The highest BCUT2D eigenvalue weighted by Gasteiger charge is 2.37. The van der Waals surface area contributed by atoms with Crippen LogP contribution in [0.2, 0.25) is 0 Å². The minimum atomic E-state index is -4.71. The molecular weight excluding hydrogens is 1200 g/mol. The van der Waals surface area contributed by atoms with Gasteiger partial charge in [-0.15, -0.1) is 0 Å². The van der Waals surface area contributed by atoms with Crippen LogP contribution in [0.1, 0.15) is 74.8 Å². The normalized spacial score (nSPS) is 20.5. The number of alkyl carbamates (subject to hydrolysis) is 1. The van der Waals surface area contributed by atoms with E-state index in [2.05, 4.69) is 46.9 Å². The van der Waals surface area contributed by atoms with Crippen LogP contribution in [0.5, 0.6) is 5.75 Å². The van der Waals surface area contributed by atoms with Gasteiger partial charge in [0.2, 0.25) is 45.5 Å². The number of amides is 7. The third-order valence-electron chi connectivity index (χ3n) is 13.4. The summed E-state index contributed by atoms with van der Waals surface area (Å²) < 4.78 is 75.3. The third kappa shape index (κ3) is 21.8. The maximum absolute atomic E-state index is 15.0. The molecule has 4 aromatic carbocycles. The molecular formula is C58H70F3N9O14S3. The Hall–Kier alpha value is -7.86. The highest BCUT2D eigenvalue weighted by Crippen LogP contribution is 2.30. The molecule has 1 aliphatic heterocycles. The van der Waals surface area contributed by atoms with Gasteiger partial charge in [-0.2, -0.15) is 13.2 Å². The Balaban J connectivity index is 1.38.